The monoisotopic (exact) mass is 417 g/mol. The molecule has 1 aromatic heterocycles. The first kappa shape index (κ1) is 20.1. The molecule has 1 heterocycles. The van der Waals surface area contributed by atoms with Crippen LogP contribution in [-0.2, 0) is 9.84 Å². The molecule has 0 aliphatic rings. The molecule has 0 radical (unpaired) electrons. The molecule has 2 aromatic carbocycles. The first-order valence-electron chi connectivity index (χ1n) is 8.44. The minimum absolute atomic E-state index is 0.0638. The van der Waals surface area contributed by atoms with Gasteiger partial charge in [0, 0.05) is 16.0 Å². The number of amides is 1. The van der Waals surface area contributed by atoms with Gasteiger partial charge in [-0.05, 0) is 62.6 Å². The summed E-state index contributed by atoms with van der Waals surface area (Å²) >= 11 is 1.62. The first-order chi connectivity index (χ1) is 13.3. The fraction of sp³-hybridized carbons (Fsp3) is 0.211. The molecule has 0 saturated heterocycles. The van der Waals surface area contributed by atoms with Crippen molar-refractivity contribution < 1.29 is 17.6 Å². The second kappa shape index (κ2) is 8.15. The van der Waals surface area contributed by atoms with E-state index in [1.54, 1.807) is 25.6 Å². The zero-order chi connectivity index (χ0) is 20.3. The average Bonchev–Trinajstić information content (AvgIpc) is 3.16. The van der Waals surface area contributed by atoms with Gasteiger partial charge in [-0.1, -0.05) is 11.2 Å². The second-order valence-electron chi connectivity index (χ2n) is 6.22. The van der Waals surface area contributed by atoms with Crippen molar-refractivity contribution in [3.63, 3.8) is 0 Å². The Morgan fingerprint density at radius 1 is 1.11 bits per heavy atom. The Hall–Kier alpha value is -2.65. The van der Waals surface area contributed by atoms with Gasteiger partial charge in [0.15, 0.2) is 9.84 Å². The average molecular weight is 418 g/mol. The van der Waals surface area contributed by atoms with Crippen LogP contribution < -0.4 is 5.32 Å². The van der Waals surface area contributed by atoms with E-state index in [1.807, 2.05) is 30.5 Å². The van der Waals surface area contributed by atoms with E-state index in [1.165, 1.54) is 24.3 Å². The maximum Gasteiger partial charge on any atom is 0.322 e. The van der Waals surface area contributed by atoms with Gasteiger partial charge in [-0.3, -0.25) is 10.1 Å². The van der Waals surface area contributed by atoms with Gasteiger partial charge < -0.3 is 4.42 Å². The third-order valence-electron chi connectivity index (χ3n) is 4.03. The zero-order valence-corrected chi connectivity index (χ0v) is 17.2. The Labute approximate surface area is 167 Å². The van der Waals surface area contributed by atoms with E-state index < -0.39 is 21.0 Å². The van der Waals surface area contributed by atoms with E-state index in [0.29, 0.717) is 0 Å². The molecule has 3 rings (SSSR count). The zero-order valence-electron chi connectivity index (χ0n) is 15.5. The lowest BCUT2D eigenvalue weighted by Gasteiger charge is -2.09. The van der Waals surface area contributed by atoms with E-state index in [9.17, 15) is 13.2 Å². The van der Waals surface area contributed by atoms with Crippen molar-refractivity contribution >= 4 is 33.5 Å². The van der Waals surface area contributed by atoms with Gasteiger partial charge in [0.1, 0.15) is 0 Å². The molecule has 146 valence electrons. The number of benzene rings is 2. The molecule has 3 aromatic rings. The number of aromatic nitrogens is 2. The highest BCUT2D eigenvalue weighted by Crippen LogP contribution is 2.24. The molecule has 0 aliphatic heterocycles. The third-order valence-corrected chi connectivity index (χ3v) is 6.92. The number of rotatable bonds is 6. The van der Waals surface area contributed by atoms with Gasteiger partial charge >= 0.3 is 6.01 Å². The Balaban J connectivity index is 1.78. The largest absolute Gasteiger partial charge is 0.403 e. The topological polar surface area (TPSA) is 102 Å². The lowest BCUT2D eigenvalue weighted by Crippen LogP contribution is -2.16. The third kappa shape index (κ3) is 4.26. The van der Waals surface area contributed by atoms with Crippen LogP contribution in [0, 0.1) is 0 Å². The number of hydrogen-bond acceptors (Lipinski definition) is 7. The van der Waals surface area contributed by atoms with Crippen LogP contribution >= 0.6 is 11.8 Å². The van der Waals surface area contributed by atoms with Crippen molar-refractivity contribution in [3.8, 4) is 11.5 Å². The van der Waals surface area contributed by atoms with E-state index in [4.69, 9.17) is 4.42 Å². The highest BCUT2D eigenvalue weighted by atomic mass is 32.2. The standard InChI is InChI=1S/C19H19N3O4S2/c1-12(2)28(24,25)16-6-4-5-14(11-16)17(23)20-19-22-21-18(26-19)13-7-9-15(27-3)10-8-13/h4-12H,1-3H3,(H,20,22,23). The summed E-state index contributed by atoms with van der Waals surface area (Å²) in [5.41, 5.74) is 0.918. The van der Waals surface area contributed by atoms with Crippen molar-refractivity contribution in [2.45, 2.75) is 28.9 Å². The number of anilines is 1. The lowest BCUT2D eigenvalue weighted by molar-refractivity contribution is 0.102. The highest BCUT2D eigenvalue weighted by molar-refractivity contribution is 7.98. The number of carbonyl (C=O) groups is 1. The maximum atomic E-state index is 12.5. The number of hydrogen-bond donors (Lipinski definition) is 1. The molecule has 0 saturated carbocycles. The molecule has 0 unspecified atom stereocenters. The number of nitrogens with zero attached hydrogens (tertiary/aromatic N) is 2. The molecular formula is C19H19N3O4S2. The number of nitrogens with one attached hydrogen (secondary N) is 1. The maximum absolute atomic E-state index is 12.5. The Morgan fingerprint density at radius 3 is 2.46 bits per heavy atom. The number of thioether (sulfide) groups is 1. The fourth-order valence-electron chi connectivity index (χ4n) is 2.38. The Morgan fingerprint density at radius 2 is 1.82 bits per heavy atom. The smallest absolute Gasteiger partial charge is 0.322 e. The number of carbonyl (C=O) groups excluding carboxylic acids is 1. The normalized spacial score (nSPS) is 11.6. The quantitative estimate of drug-likeness (QED) is 0.607. The molecule has 0 aliphatic carbocycles. The van der Waals surface area contributed by atoms with Crippen molar-refractivity contribution in [1.82, 2.24) is 10.2 Å². The summed E-state index contributed by atoms with van der Waals surface area (Å²) in [7, 11) is -3.48. The van der Waals surface area contributed by atoms with Crippen LogP contribution in [0.2, 0.25) is 0 Å². The summed E-state index contributed by atoms with van der Waals surface area (Å²) in [6.45, 7) is 3.18. The number of sulfone groups is 1. The first-order valence-corrected chi connectivity index (χ1v) is 11.2. The fourth-order valence-corrected chi connectivity index (χ4v) is 3.89. The summed E-state index contributed by atoms with van der Waals surface area (Å²) in [4.78, 5) is 13.7. The van der Waals surface area contributed by atoms with Crippen LogP contribution in [0.4, 0.5) is 6.01 Å². The van der Waals surface area contributed by atoms with E-state index in [0.717, 1.165) is 10.5 Å². The molecule has 0 atom stereocenters. The van der Waals surface area contributed by atoms with Crippen LogP contribution in [0.15, 0.2) is 62.7 Å². The van der Waals surface area contributed by atoms with Crippen LogP contribution in [0.3, 0.4) is 0 Å². The van der Waals surface area contributed by atoms with Crippen LogP contribution in [0.25, 0.3) is 11.5 Å². The molecule has 1 amide bonds. The summed E-state index contributed by atoms with van der Waals surface area (Å²) in [6, 6.07) is 13.4. The van der Waals surface area contributed by atoms with Crippen LogP contribution in [0.5, 0.6) is 0 Å². The van der Waals surface area contributed by atoms with Crippen molar-refractivity contribution in [2.75, 3.05) is 11.6 Å². The summed E-state index contributed by atoms with van der Waals surface area (Å²) in [5.74, 6) is -0.257. The molecular weight excluding hydrogens is 398 g/mol. The SMILES string of the molecule is CSc1ccc(-c2nnc(NC(=O)c3cccc(S(=O)(=O)C(C)C)c3)o2)cc1. The predicted molar refractivity (Wildman–Crippen MR) is 108 cm³/mol. The molecule has 0 fully saturated rings. The minimum Gasteiger partial charge on any atom is -0.403 e. The van der Waals surface area contributed by atoms with E-state index in [2.05, 4.69) is 15.5 Å². The van der Waals surface area contributed by atoms with Gasteiger partial charge in [-0.25, -0.2) is 8.42 Å². The lowest BCUT2D eigenvalue weighted by atomic mass is 10.2. The van der Waals surface area contributed by atoms with Gasteiger partial charge in [-0.15, -0.1) is 16.9 Å². The second-order valence-corrected chi connectivity index (χ2v) is 9.60. The summed E-state index contributed by atoms with van der Waals surface area (Å²) in [5, 5.41) is 9.68. The molecule has 28 heavy (non-hydrogen) atoms. The summed E-state index contributed by atoms with van der Waals surface area (Å²) < 4.78 is 30.1. The van der Waals surface area contributed by atoms with E-state index in [-0.39, 0.29) is 22.4 Å². The Kier molecular flexibility index (Phi) is 5.85. The van der Waals surface area contributed by atoms with E-state index >= 15 is 0 Å². The Bertz CT molecular complexity index is 1090. The van der Waals surface area contributed by atoms with Gasteiger partial charge in [0.2, 0.25) is 5.89 Å². The molecule has 1 N–H and O–H groups in total. The van der Waals surface area contributed by atoms with Crippen LogP contribution in [-0.4, -0.2) is 36.0 Å². The highest BCUT2D eigenvalue weighted by Gasteiger charge is 2.21. The van der Waals surface area contributed by atoms with Crippen molar-refractivity contribution in [2.24, 2.45) is 0 Å². The molecule has 7 nitrogen and oxygen atoms in total. The van der Waals surface area contributed by atoms with Crippen LogP contribution in [0.1, 0.15) is 24.2 Å². The summed E-state index contributed by atoms with van der Waals surface area (Å²) in [6.07, 6.45) is 1.98. The van der Waals surface area contributed by atoms with Crippen molar-refractivity contribution in [3.05, 3.63) is 54.1 Å². The van der Waals surface area contributed by atoms with Gasteiger partial charge in [0.05, 0.1) is 10.1 Å². The molecule has 0 bridgehead atoms. The molecule has 0 spiro atoms. The molecule has 9 heteroatoms. The predicted octanol–water partition coefficient (Wildman–Crippen LogP) is 3.89. The minimum atomic E-state index is -3.48. The van der Waals surface area contributed by atoms with Gasteiger partial charge in [0.25, 0.3) is 5.91 Å². The van der Waals surface area contributed by atoms with Crippen molar-refractivity contribution in [1.29, 1.82) is 0 Å². The van der Waals surface area contributed by atoms with Gasteiger partial charge in [-0.2, -0.15) is 0 Å².